The van der Waals surface area contributed by atoms with E-state index < -0.39 is 17.8 Å². The molecular weight excluding hydrogens is 446 g/mol. The molecule has 2 aliphatic rings. The van der Waals surface area contributed by atoms with E-state index in [9.17, 15) is 9.59 Å². The number of carbonyl (C=O) groups excluding carboxylic acids is 2. The van der Waals surface area contributed by atoms with Gasteiger partial charge in [-0.05, 0) is 43.0 Å². The Hall–Kier alpha value is -3.45. The van der Waals surface area contributed by atoms with Crippen molar-refractivity contribution >= 4 is 17.5 Å². The van der Waals surface area contributed by atoms with Crippen LogP contribution in [0.25, 0.3) is 0 Å². The number of carbonyl (C=O) groups is 2. The van der Waals surface area contributed by atoms with Gasteiger partial charge in [-0.15, -0.1) is 0 Å². The second kappa shape index (κ2) is 10.9. The summed E-state index contributed by atoms with van der Waals surface area (Å²) < 4.78 is 21.4. The second-order valence-corrected chi connectivity index (χ2v) is 8.77. The molecule has 0 saturated heterocycles. The maximum Gasteiger partial charge on any atom is 0.315 e. The minimum absolute atomic E-state index is 0.00563. The number of hydrogen-bond donors (Lipinski definition) is 0. The van der Waals surface area contributed by atoms with Crippen LogP contribution in [0, 0.1) is 5.92 Å². The van der Waals surface area contributed by atoms with Crippen LogP contribution >= 0.6 is 0 Å². The van der Waals surface area contributed by atoms with E-state index >= 15 is 0 Å². The number of benzene rings is 2. The fraction of sp³-hybridized carbons (Fsp3) is 0.393. The average Bonchev–Trinajstić information content (AvgIpc) is 2.87. The SMILES string of the molecule is COCCOC(=O)C1C(C)=NC2=C(C(=O)C[C@@H](c3ccc(OC)cc3)C2)[C@@H]1c1ccccc1OC. The third-order valence-electron chi connectivity index (χ3n) is 6.74. The summed E-state index contributed by atoms with van der Waals surface area (Å²) in [6.07, 6.45) is 0.957. The monoisotopic (exact) mass is 477 g/mol. The minimum atomic E-state index is -0.719. The Balaban J connectivity index is 1.76. The van der Waals surface area contributed by atoms with Crippen LogP contribution in [0.3, 0.4) is 0 Å². The van der Waals surface area contributed by atoms with E-state index in [4.69, 9.17) is 23.9 Å². The number of ether oxygens (including phenoxy) is 4. The van der Waals surface area contributed by atoms with Crippen LogP contribution in [0.2, 0.25) is 0 Å². The van der Waals surface area contributed by atoms with Crippen molar-refractivity contribution in [2.24, 2.45) is 10.9 Å². The third-order valence-corrected chi connectivity index (χ3v) is 6.74. The maximum absolute atomic E-state index is 13.7. The zero-order valence-electron chi connectivity index (χ0n) is 20.6. The molecule has 35 heavy (non-hydrogen) atoms. The van der Waals surface area contributed by atoms with Crippen LogP contribution in [0.15, 0.2) is 64.8 Å². The summed E-state index contributed by atoms with van der Waals surface area (Å²) in [4.78, 5) is 31.7. The number of ketones is 1. The van der Waals surface area contributed by atoms with Gasteiger partial charge in [-0.25, -0.2) is 0 Å². The highest BCUT2D eigenvalue weighted by Gasteiger charge is 2.45. The zero-order chi connectivity index (χ0) is 24.9. The minimum Gasteiger partial charge on any atom is -0.497 e. The maximum atomic E-state index is 13.7. The lowest BCUT2D eigenvalue weighted by molar-refractivity contribution is -0.147. The number of allylic oxidation sites excluding steroid dienone is 2. The van der Waals surface area contributed by atoms with Gasteiger partial charge < -0.3 is 18.9 Å². The highest BCUT2D eigenvalue weighted by Crippen LogP contribution is 2.48. The fourth-order valence-electron chi connectivity index (χ4n) is 5.05. The molecule has 1 unspecified atom stereocenters. The van der Waals surface area contributed by atoms with Crippen molar-refractivity contribution < 1.29 is 28.5 Å². The number of esters is 1. The van der Waals surface area contributed by atoms with Crippen LogP contribution in [0.1, 0.15) is 42.7 Å². The van der Waals surface area contributed by atoms with Crippen LogP contribution in [-0.4, -0.2) is 52.0 Å². The number of nitrogens with zero attached hydrogens (tertiary/aromatic N) is 1. The first-order valence-corrected chi connectivity index (χ1v) is 11.7. The number of methoxy groups -OCH3 is 3. The molecule has 2 aromatic rings. The molecule has 3 atom stereocenters. The molecule has 4 rings (SSSR count). The summed E-state index contributed by atoms with van der Waals surface area (Å²) >= 11 is 0. The van der Waals surface area contributed by atoms with Crippen molar-refractivity contribution in [1.29, 1.82) is 0 Å². The Kier molecular flexibility index (Phi) is 7.66. The quantitative estimate of drug-likeness (QED) is 0.412. The zero-order valence-corrected chi connectivity index (χ0v) is 20.6. The number of para-hydroxylation sites is 1. The molecule has 0 radical (unpaired) electrons. The van der Waals surface area contributed by atoms with E-state index in [-0.39, 0.29) is 18.3 Å². The van der Waals surface area contributed by atoms with Crippen molar-refractivity contribution in [2.75, 3.05) is 34.5 Å². The molecule has 184 valence electrons. The molecule has 2 aromatic carbocycles. The van der Waals surface area contributed by atoms with Crippen LogP contribution < -0.4 is 9.47 Å². The highest BCUT2D eigenvalue weighted by atomic mass is 16.6. The molecule has 0 N–H and O–H groups in total. The van der Waals surface area contributed by atoms with Gasteiger partial charge in [0.2, 0.25) is 0 Å². The van der Waals surface area contributed by atoms with Gasteiger partial charge in [0.05, 0.1) is 20.8 Å². The second-order valence-electron chi connectivity index (χ2n) is 8.77. The van der Waals surface area contributed by atoms with E-state index in [1.807, 2.05) is 55.5 Å². The van der Waals surface area contributed by atoms with E-state index in [0.29, 0.717) is 36.5 Å². The Labute approximate surface area is 205 Å². The summed E-state index contributed by atoms with van der Waals surface area (Å²) in [5, 5.41) is 0. The molecule has 0 saturated carbocycles. The normalized spacial score (nSPS) is 21.8. The number of aliphatic imine (C=N–C) groups is 1. The Bertz CT molecular complexity index is 1150. The summed E-state index contributed by atoms with van der Waals surface area (Å²) in [5.41, 5.74) is 3.79. The average molecular weight is 478 g/mol. The molecule has 1 aliphatic heterocycles. The number of Topliss-reactive ketones (excluding diaryl/α,β-unsaturated/α-hetero) is 1. The number of rotatable bonds is 8. The molecule has 0 amide bonds. The molecule has 0 fully saturated rings. The fourth-order valence-corrected chi connectivity index (χ4v) is 5.05. The van der Waals surface area contributed by atoms with Crippen LogP contribution in [0.4, 0.5) is 0 Å². The first-order chi connectivity index (χ1) is 17.0. The largest absolute Gasteiger partial charge is 0.497 e. The van der Waals surface area contributed by atoms with Gasteiger partial charge in [0.15, 0.2) is 5.78 Å². The van der Waals surface area contributed by atoms with Crippen LogP contribution in [-0.2, 0) is 19.1 Å². The van der Waals surface area contributed by atoms with Crippen molar-refractivity contribution in [1.82, 2.24) is 0 Å². The summed E-state index contributed by atoms with van der Waals surface area (Å²) in [5.74, 6) is -0.273. The molecule has 0 bridgehead atoms. The molecule has 1 aliphatic carbocycles. The Morgan fingerprint density at radius 3 is 2.40 bits per heavy atom. The predicted octanol–water partition coefficient (Wildman–Crippen LogP) is 4.47. The Morgan fingerprint density at radius 2 is 1.71 bits per heavy atom. The smallest absolute Gasteiger partial charge is 0.315 e. The lowest BCUT2D eigenvalue weighted by atomic mass is 9.69. The van der Waals surface area contributed by atoms with Gasteiger partial charge >= 0.3 is 5.97 Å². The van der Waals surface area contributed by atoms with Crippen molar-refractivity contribution in [2.45, 2.75) is 31.6 Å². The van der Waals surface area contributed by atoms with Gasteiger partial charge in [-0.3, -0.25) is 14.6 Å². The van der Waals surface area contributed by atoms with Gasteiger partial charge in [0.1, 0.15) is 24.0 Å². The summed E-state index contributed by atoms with van der Waals surface area (Å²) in [6.45, 7) is 2.26. The van der Waals surface area contributed by atoms with E-state index in [0.717, 1.165) is 22.6 Å². The molecule has 0 spiro atoms. The summed E-state index contributed by atoms with van der Waals surface area (Å²) in [6, 6.07) is 15.3. The van der Waals surface area contributed by atoms with E-state index in [2.05, 4.69) is 0 Å². The van der Waals surface area contributed by atoms with Crippen molar-refractivity contribution in [3.63, 3.8) is 0 Å². The van der Waals surface area contributed by atoms with Gasteiger partial charge in [-0.2, -0.15) is 0 Å². The third kappa shape index (κ3) is 5.00. The van der Waals surface area contributed by atoms with Gasteiger partial charge in [0, 0.05) is 42.0 Å². The molecule has 7 nitrogen and oxygen atoms in total. The molecular formula is C28H31NO6. The molecule has 0 aromatic heterocycles. The lowest BCUT2D eigenvalue weighted by Gasteiger charge is -2.37. The van der Waals surface area contributed by atoms with Crippen LogP contribution in [0.5, 0.6) is 11.5 Å². The first-order valence-electron chi connectivity index (χ1n) is 11.7. The lowest BCUT2D eigenvalue weighted by Crippen LogP contribution is -2.38. The number of hydrogen-bond acceptors (Lipinski definition) is 7. The van der Waals surface area contributed by atoms with E-state index in [1.165, 1.54) is 0 Å². The topological polar surface area (TPSA) is 83.4 Å². The highest BCUT2D eigenvalue weighted by molar-refractivity contribution is 6.09. The Morgan fingerprint density at radius 1 is 0.971 bits per heavy atom. The molecule has 1 heterocycles. The first kappa shape index (κ1) is 24.7. The predicted molar refractivity (Wildman–Crippen MR) is 132 cm³/mol. The standard InChI is InChI=1S/C28H31NO6/c1-17-25(28(31)35-14-13-32-2)26(21-7-5-6-8-24(21)34-4)27-22(29-17)15-19(16-23(27)30)18-9-11-20(33-3)12-10-18/h5-12,19,25-26H,13-16H2,1-4H3/t19-,25?,26+/m0/s1. The molecule has 7 heteroatoms. The van der Waals surface area contributed by atoms with Gasteiger partial charge in [0.25, 0.3) is 0 Å². The van der Waals surface area contributed by atoms with E-state index in [1.54, 1.807) is 21.3 Å². The van der Waals surface area contributed by atoms with Gasteiger partial charge in [-0.1, -0.05) is 30.3 Å². The van der Waals surface area contributed by atoms with Crippen molar-refractivity contribution in [3.05, 3.63) is 70.9 Å². The summed E-state index contributed by atoms with van der Waals surface area (Å²) in [7, 11) is 4.77. The van der Waals surface area contributed by atoms with Crippen molar-refractivity contribution in [3.8, 4) is 11.5 Å².